The van der Waals surface area contributed by atoms with Crippen LogP contribution in [0.4, 0.5) is 5.82 Å². The lowest BCUT2D eigenvalue weighted by atomic mass is 9.77. The molecule has 8 heteroatoms. The number of amides is 1. The van der Waals surface area contributed by atoms with Gasteiger partial charge >= 0.3 is 5.97 Å². The van der Waals surface area contributed by atoms with Crippen molar-refractivity contribution in [3.8, 4) is 0 Å². The van der Waals surface area contributed by atoms with Crippen LogP contribution in [0, 0.1) is 17.8 Å². The van der Waals surface area contributed by atoms with Gasteiger partial charge in [-0.3, -0.25) is 4.79 Å². The van der Waals surface area contributed by atoms with Gasteiger partial charge in [0.1, 0.15) is 0 Å². The average Bonchev–Trinajstić information content (AvgIpc) is 3.43. The van der Waals surface area contributed by atoms with E-state index in [0.29, 0.717) is 17.8 Å². The summed E-state index contributed by atoms with van der Waals surface area (Å²) in [6, 6.07) is 3.55. The van der Waals surface area contributed by atoms with Gasteiger partial charge in [-0.1, -0.05) is 0 Å². The molecule has 2 saturated carbocycles. The molecule has 8 nitrogen and oxygen atoms in total. The molecule has 0 radical (unpaired) electrons. The largest absolute Gasteiger partial charge is 0.464 e. The van der Waals surface area contributed by atoms with Crippen LogP contribution in [0.25, 0.3) is 0 Å². The van der Waals surface area contributed by atoms with Gasteiger partial charge in [0, 0.05) is 26.6 Å². The topological polar surface area (TPSA) is 93.7 Å². The van der Waals surface area contributed by atoms with Crippen LogP contribution in [0.3, 0.4) is 0 Å². The fourth-order valence-corrected chi connectivity index (χ4v) is 4.45. The van der Waals surface area contributed by atoms with Gasteiger partial charge in [-0.2, -0.15) is 0 Å². The molecule has 0 unspecified atom stereocenters. The van der Waals surface area contributed by atoms with Crippen molar-refractivity contribution in [3.05, 3.63) is 17.8 Å². The minimum Gasteiger partial charge on any atom is -0.464 e. The standard InChI is InChI=1S/C20H28N4O4/c1-12(25)21-17-7-14-9-24(19-6-5-16(22-23-19)20(26)27-2)10-15(14)8-18(17)28-11-13-3-4-13/h5-6,13-15,17-18H,3-4,7-11H2,1-2H3,(H,21,25)/t14-,15+,17-,18-/m1/s1. The molecule has 0 spiro atoms. The number of anilines is 1. The van der Waals surface area contributed by atoms with Crippen LogP contribution in [-0.4, -0.2) is 61.0 Å². The highest BCUT2D eigenvalue weighted by Gasteiger charge is 2.43. The zero-order valence-corrected chi connectivity index (χ0v) is 16.5. The summed E-state index contributed by atoms with van der Waals surface area (Å²) in [7, 11) is 1.33. The molecule has 4 rings (SSSR count). The van der Waals surface area contributed by atoms with Gasteiger partial charge in [-0.05, 0) is 55.6 Å². The number of hydrogen-bond donors (Lipinski definition) is 1. The fraction of sp³-hybridized carbons (Fsp3) is 0.700. The summed E-state index contributed by atoms with van der Waals surface area (Å²) in [5.41, 5.74) is 0.210. The lowest BCUT2D eigenvalue weighted by Crippen LogP contribution is -2.50. The number of nitrogens with one attached hydrogen (secondary N) is 1. The molecule has 3 fully saturated rings. The molecule has 28 heavy (non-hydrogen) atoms. The SMILES string of the molecule is COC(=O)c1ccc(N2C[C@H]3C[C@@H](NC(C)=O)[C@H](OCC4CC4)C[C@H]3C2)nn1. The molecule has 1 N–H and O–H groups in total. The Morgan fingerprint density at radius 3 is 2.54 bits per heavy atom. The molecule has 0 aromatic carbocycles. The zero-order valence-electron chi connectivity index (χ0n) is 16.5. The number of ether oxygens (including phenoxy) is 2. The van der Waals surface area contributed by atoms with Crippen molar-refractivity contribution in [3.63, 3.8) is 0 Å². The van der Waals surface area contributed by atoms with E-state index in [1.54, 1.807) is 13.0 Å². The van der Waals surface area contributed by atoms with E-state index in [0.717, 1.165) is 38.4 Å². The third-order valence-electron chi connectivity index (χ3n) is 6.12. The van der Waals surface area contributed by atoms with E-state index in [1.807, 2.05) is 6.07 Å². The van der Waals surface area contributed by atoms with Crippen LogP contribution in [0.2, 0.25) is 0 Å². The molecule has 2 aliphatic carbocycles. The molecule has 1 aromatic rings. The summed E-state index contributed by atoms with van der Waals surface area (Å²) >= 11 is 0. The smallest absolute Gasteiger partial charge is 0.358 e. The van der Waals surface area contributed by atoms with Crippen LogP contribution in [-0.2, 0) is 14.3 Å². The van der Waals surface area contributed by atoms with Crippen LogP contribution in [0.5, 0.6) is 0 Å². The third-order valence-corrected chi connectivity index (χ3v) is 6.12. The summed E-state index contributed by atoms with van der Waals surface area (Å²) in [5, 5.41) is 11.3. The molecule has 1 aliphatic heterocycles. The van der Waals surface area contributed by atoms with Crippen LogP contribution < -0.4 is 10.2 Å². The second-order valence-electron chi connectivity index (χ2n) is 8.29. The first-order valence-electron chi connectivity index (χ1n) is 10.1. The Balaban J connectivity index is 1.41. The quantitative estimate of drug-likeness (QED) is 0.737. The summed E-state index contributed by atoms with van der Waals surface area (Å²) in [6.45, 7) is 4.15. The Labute approximate surface area is 165 Å². The van der Waals surface area contributed by atoms with Crippen LogP contribution in [0.1, 0.15) is 43.1 Å². The second kappa shape index (κ2) is 8.03. The average molecular weight is 388 g/mol. The summed E-state index contributed by atoms with van der Waals surface area (Å²) < 4.78 is 10.9. The van der Waals surface area contributed by atoms with Gasteiger partial charge in [0.05, 0.1) is 19.3 Å². The predicted molar refractivity (Wildman–Crippen MR) is 102 cm³/mol. The van der Waals surface area contributed by atoms with Gasteiger partial charge in [-0.25, -0.2) is 4.79 Å². The van der Waals surface area contributed by atoms with Gasteiger partial charge < -0.3 is 19.7 Å². The Bertz CT molecular complexity index is 721. The first kappa shape index (κ1) is 19.1. The molecule has 3 aliphatic rings. The Morgan fingerprint density at radius 2 is 1.93 bits per heavy atom. The molecular weight excluding hydrogens is 360 g/mol. The van der Waals surface area contributed by atoms with Crippen molar-refractivity contribution >= 4 is 17.7 Å². The van der Waals surface area contributed by atoms with Crippen molar-refractivity contribution < 1.29 is 19.1 Å². The molecule has 1 amide bonds. The number of nitrogens with zero attached hydrogens (tertiary/aromatic N) is 3. The van der Waals surface area contributed by atoms with Gasteiger partial charge in [-0.15, -0.1) is 10.2 Å². The minimum atomic E-state index is -0.483. The number of aromatic nitrogens is 2. The van der Waals surface area contributed by atoms with Crippen LogP contribution in [0.15, 0.2) is 12.1 Å². The van der Waals surface area contributed by atoms with Crippen molar-refractivity contribution in [2.75, 3.05) is 31.7 Å². The van der Waals surface area contributed by atoms with Gasteiger partial charge in [0.25, 0.3) is 0 Å². The Morgan fingerprint density at radius 1 is 1.18 bits per heavy atom. The molecule has 0 bridgehead atoms. The van der Waals surface area contributed by atoms with Crippen molar-refractivity contribution in [2.45, 2.75) is 44.8 Å². The normalized spacial score (nSPS) is 29.3. The predicted octanol–water partition coefficient (Wildman–Crippen LogP) is 1.41. The van der Waals surface area contributed by atoms with E-state index in [-0.39, 0.29) is 23.7 Å². The highest BCUT2D eigenvalue weighted by Crippen LogP contribution is 2.40. The lowest BCUT2D eigenvalue weighted by molar-refractivity contribution is -0.122. The number of fused-ring (bicyclic) bond motifs is 1. The molecule has 152 valence electrons. The third kappa shape index (κ3) is 4.27. The summed E-state index contributed by atoms with van der Waals surface area (Å²) in [4.78, 5) is 25.4. The van der Waals surface area contributed by atoms with E-state index in [2.05, 4.69) is 25.2 Å². The molecular formula is C20H28N4O4. The fourth-order valence-electron chi connectivity index (χ4n) is 4.45. The maximum Gasteiger partial charge on any atom is 0.358 e. The van der Waals surface area contributed by atoms with Gasteiger partial charge in [0.15, 0.2) is 11.5 Å². The Kier molecular flexibility index (Phi) is 5.48. The number of carbonyl (C=O) groups excluding carboxylic acids is 2. The number of hydrogen-bond acceptors (Lipinski definition) is 7. The van der Waals surface area contributed by atoms with Crippen molar-refractivity contribution in [2.24, 2.45) is 17.8 Å². The summed E-state index contributed by atoms with van der Waals surface area (Å²) in [6.07, 6.45) is 4.48. The van der Waals surface area contributed by atoms with E-state index >= 15 is 0 Å². The molecule has 4 atom stereocenters. The number of methoxy groups -OCH3 is 1. The lowest BCUT2D eigenvalue weighted by Gasteiger charge is -2.38. The van der Waals surface area contributed by atoms with Crippen molar-refractivity contribution in [1.29, 1.82) is 0 Å². The van der Waals surface area contributed by atoms with E-state index in [1.165, 1.54) is 20.0 Å². The maximum absolute atomic E-state index is 11.7. The molecule has 1 aromatic heterocycles. The van der Waals surface area contributed by atoms with Crippen LogP contribution >= 0.6 is 0 Å². The van der Waals surface area contributed by atoms with E-state index in [4.69, 9.17) is 4.74 Å². The van der Waals surface area contributed by atoms with E-state index < -0.39 is 5.97 Å². The number of carbonyl (C=O) groups is 2. The highest BCUT2D eigenvalue weighted by atomic mass is 16.5. The molecule has 2 heterocycles. The van der Waals surface area contributed by atoms with Crippen molar-refractivity contribution in [1.82, 2.24) is 15.5 Å². The zero-order chi connectivity index (χ0) is 19.7. The van der Waals surface area contributed by atoms with Gasteiger partial charge in [0.2, 0.25) is 5.91 Å². The monoisotopic (exact) mass is 388 g/mol. The number of esters is 1. The van der Waals surface area contributed by atoms with E-state index in [9.17, 15) is 9.59 Å². The maximum atomic E-state index is 11.7. The minimum absolute atomic E-state index is 0.00240. The summed E-state index contributed by atoms with van der Waals surface area (Å²) in [5.74, 6) is 1.99. The highest BCUT2D eigenvalue weighted by molar-refractivity contribution is 5.87. The first-order chi connectivity index (χ1) is 13.5. The second-order valence-corrected chi connectivity index (χ2v) is 8.29. The Hall–Kier alpha value is -2.22. The number of rotatable bonds is 6. The first-order valence-corrected chi connectivity index (χ1v) is 10.1. The molecule has 1 saturated heterocycles.